The molecule has 7 nitrogen and oxygen atoms in total. The lowest BCUT2D eigenvalue weighted by molar-refractivity contribution is -0.115. The fourth-order valence-corrected chi connectivity index (χ4v) is 4.51. The van der Waals surface area contributed by atoms with Gasteiger partial charge in [-0.3, -0.25) is 4.79 Å². The van der Waals surface area contributed by atoms with Crippen molar-refractivity contribution in [3.05, 3.63) is 71.3 Å². The second-order valence-electron chi connectivity index (χ2n) is 6.50. The highest BCUT2D eigenvalue weighted by Gasteiger charge is 2.24. The van der Waals surface area contributed by atoms with Crippen molar-refractivity contribution in [2.75, 3.05) is 7.11 Å². The van der Waals surface area contributed by atoms with Gasteiger partial charge in [-0.2, -0.15) is 0 Å². The Labute approximate surface area is 186 Å². The third kappa shape index (κ3) is 4.37. The number of ether oxygens (including phenoxy) is 1. The fraction of sp³-hybridized carbons (Fsp3) is 0.0455. The number of hydrogen-bond acceptors (Lipinski definition) is 7. The zero-order chi connectivity index (χ0) is 21.2. The Balaban J connectivity index is 1.29. The second-order valence-corrected chi connectivity index (χ2v) is 8.52. The molecule has 2 aromatic heterocycles. The molecule has 5 rings (SSSR count). The lowest BCUT2D eigenvalue weighted by Crippen LogP contribution is -2.19. The summed E-state index contributed by atoms with van der Waals surface area (Å²) in [6.45, 7) is 0. The van der Waals surface area contributed by atoms with Crippen LogP contribution in [0.25, 0.3) is 17.1 Å². The molecule has 0 radical (unpaired) electrons. The molecule has 3 heterocycles. The van der Waals surface area contributed by atoms with Crippen molar-refractivity contribution in [2.45, 2.75) is 10.2 Å². The maximum absolute atomic E-state index is 12.3. The standard InChI is InChI=1S/C22H16N4O3S2/c1-28-14-8-6-13(7-9-14)23-21-26-20(27)18(30-21)12-15-10-11-19(29-15)31-22-24-16-4-2-3-5-17(16)25-22/h2-12H,1H3,(H,24,25)(H,23,26,27)/b18-12+. The van der Waals surface area contributed by atoms with Gasteiger partial charge < -0.3 is 19.5 Å². The van der Waals surface area contributed by atoms with E-state index in [2.05, 4.69) is 20.3 Å². The number of carbonyl (C=O) groups excluding carboxylic acids is 1. The summed E-state index contributed by atoms with van der Waals surface area (Å²) < 4.78 is 11.0. The highest BCUT2D eigenvalue weighted by Crippen LogP contribution is 2.32. The number of methoxy groups -OCH3 is 1. The molecule has 0 spiro atoms. The number of imidazole rings is 1. The van der Waals surface area contributed by atoms with Crippen molar-refractivity contribution in [3.63, 3.8) is 0 Å². The van der Waals surface area contributed by atoms with E-state index in [-0.39, 0.29) is 5.91 Å². The van der Waals surface area contributed by atoms with Crippen LogP contribution in [-0.2, 0) is 4.79 Å². The predicted octanol–water partition coefficient (Wildman–Crippen LogP) is 5.21. The van der Waals surface area contributed by atoms with E-state index in [1.54, 1.807) is 13.2 Å². The van der Waals surface area contributed by atoms with Crippen molar-refractivity contribution in [1.82, 2.24) is 15.3 Å². The number of rotatable bonds is 5. The lowest BCUT2D eigenvalue weighted by atomic mass is 10.3. The summed E-state index contributed by atoms with van der Waals surface area (Å²) >= 11 is 2.66. The van der Waals surface area contributed by atoms with Crippen LogP contribution < -0.4 is 10.1 Å². The average Bonchev–Trinajstić information content (AvgIpc) is 3.48. The Kier molecular flexibility index (Phi) is 5.27. The van der Waals surface area contributed by atoms with Crippen LogP contribution >= 0.6 is 23.5 Å². The molecule has 1 saturated heterocycles. The van der Waals surface area contributed by atoms with Crippen molar-refractivity contribution < 1.29 is 13.9 Å². The van der Waals surface area contributed by atoms with Gasteiger partial charge in [0, 0.05) is 6.08 Å². The van der Waals surface area contributed by atoms with Gasteiger partial charge in [-0.05, 0) is 72.1 Å². The number of thioether (sulfide) groups is 1. The maximum atomic E-state index is 12.3. The van der Waals surface area contributed by atoms with E-state index in [1.165, 1.54) is 23.5 Å². The molecule has 2 N–H and O–H groups in total. The minimum atomic E-state index is -0.208. The number of benzene rings is 2. The Morgan fingerprint density at radius 1 is 1.13 bits per heavy atom. The van der Waals surface area contributed by atoms with Gasteiger partial charge in [-0.15, -0.1) is 0 Å². The van der Waals surface area contributed by atoms with Crippen LogP contribution in [0.3, 0.4) is 0 Å². The second kappa shape index (κ2) is 8.37. The number of hydrogen-bond donors (Lipinski definition) is 2. The number of amidine groups is 1. The Morgan fingerprint density at radius 2 is 1.97 bits per heavy atom. The first-order chi connectivity index (χ1) is 15.2. The number of aliphatic imine (C=N–C) groups is 1. The molecule has 1 fully saturated rings. The van der Waals surface area contributed by atoms with Crippen molar-refractivity contribution in [2.24, 2.45) is 4.99 Å². The molecule has 0 atom stereocenters. The molecule has 31 heavy (non-hydrogen) atoms. The molecule has 9 heteroatoms. The van der Waals surface area contributed by atoms with E-state index >= 15 is 0 Å². The number of aromatic nitrogens is 2. The van der Waals surface area contributed by atoms with E-state index in [1.807, 2.05) is 60.7 Å². The number of fused-ring (bicyclic) bond motifs is 1. The number of carbonyl (C=O) groups is 1. The average molecular weight is 449 g/mol. The van der Waals surface area contributed by atoms with E-state index in [9.17, 15) is 4.79 Å². The van der Waals surface area contributed by atoms with Crippen LogP contribution in [-0.4, -0.2) is 28.2 Å². The number of para-hydroxylation sites is 2. The molecule has 1 amide bonds. The van der Waals surface area contributed by atoms with Crippen LogP contribution in [0, 0.1) is 0 Å². The molecular formula is C22H16N4O3S2. The zero-order valence-corrected chi connectivity index (χ0v) is 17.9. The minimum Gasteiger partial charge on any atom is -0.497 e. The van der Waals surface area contributed by atoms with E-state index in [0.29, 0.717) is 20.9 Å². The molecule has 4 aromatic rings. The van der Waals surface area contributed by atoms with Gasteiger partial charge in [-0.1, -0.05) is 12.1 Å². The van der Waals surface area contributed by atoms with Crippen LogP contribution in [0.5, 0.6) is 5.75 Å². The number of amides is 1. The molecule has 154 valence electrons. The summed E-state index contributed by atoms with van der Waals surface area (Å²) in [5.74, 6) is 1.13. The van der Waals surface area contributed by atoms with Crippen LogP contribution in [0.15, 0.2) is 85.2 Å². The molecule has 1 aliphatic rings. The third-order valence-corrected chi connectivity index (χ3v) is 6.11. The van der Waals surface area contributed by atoms with Crippen LogP contribution in [0.1, 0.15) is 5.76 Å². The predicted molar refractivity (Wildman–Crippen MR) is 123 cm³/mol. The molecule has 2 aromatic carbocycles. The van der Waals surface area contributed by atoms with Crippen LogP contribution in [0.2, 0.25) is 0 Å². The Morgan fingerprint density at radius 3 is 2.77 bits per heavy atom. The zero-order valence-electron chi connectivity index (χ0n) is 16.3. The largest absolute Gasteiger partial charge is 0.497 e. The first-order valence-corrected chi connectivity index (χ1v) is 11.0. The maximum Gasteiger partial charge on any atom is 0.264 e. The monoisotopic (exact) mass is 448 g/mol. The summed E-state index contributed by atoms with van der Waals surface area (Å²) in [6, 6.07) is 18.8. The topological polar surface area (TPSA) is 92.5 Å². The van der Waals surface area contributed by atoms with Crippen molar-refractivity contribution in [3.8, 4) is 5.75 Å². The normalized spacial score (nSPS) is 16.4. The molecule has 0 bridgehead atoms. The van der Waals surface area contributed by atoms with E-state index in [4.69, 9.17) is 9.15 Å². The number of nitrogens with one attached hydrogen (secondary N) is 2. The lowest BCUT2D eigenvalue weighted by Gasteiger charge is -1.99. The Bertz CT molecular complexity index is 1290. The molecule has 0 unspecified atom stereocenters. The van der Waals surface area contributed by atoms with Crippen molar-refractivity contribution >= 4 is 57.4 Å². The highest BCUT2D eigenvalue weighted by atomic mass is 32.2. The first-order valence-electron chi connectivity index (χ1n) is 9.32. The van der Waals surface area contributed by atoms with Gasteiger partial charge in [0.15, 0.2) is 15.4 Å². The summed E-state index contributed by atoms with van der Waals surface area (Å²) in [4.78, 5) is 25.1. The van der Waals surface area contributed by atoms with Gasteiger partial charge in [-0.25, -0.2) is 9.98 Å². The SMILES string of the molecule is COc1ccc(N=C2NC(=O)/C(=C\c3ccc(Sc4nc5ccccc5[nH]4)o3)S2)cc1. The first kappa shape index (κ1) is 19.5. The quantitative estimate of drug-likeness (QED) is 0.407. The third-order valence-electron chi connectivity index (χ3n) is 4.39. The highest BCUT2D eigenvalue weighted by molar-refractivity contribution is 8.18. The van der Waals surface area contributed by atoms with Gasteiger partial charge >= 0.3 is 0 Å². The molecular weight excluding hydrogens is 432 g/mol. The van der Waals surface area contributed by atoms with Crippen LogP contribution in [0.4, 0.5) is 5.69 Å². The van der Waals surface area contributed by atoms with Gasteiger partial charge in [0.2, 0.25) is 0 Å². The summed E-state index contributed by atoms with van der Waals surface area (Å²) in [6.07, 6.45) is 1.71. The Hall–Kier alpha value is -3.43. The number of nitrogens with zero attached hydrogens (tertiary/aromatic N) is 2. The smallest absolute Gasteiger partial charge is 0.264 e. The fourth-order valence-electron chi connectivity index (χ4n) is 2.92. The van der Waals surface area contributed by atoms with Crippen molar-refractivity contribution in [1.29, 1.82) is 0 Å². The van der Waals surface area contributed by atoms with E-state index < -0.39 is 0 Å². The summed E-state index contributed by atoms with van der Waals surface area (Å²) in [7, 11) is 1.61. The molecule has 0 aliphatic carbocycles. The van der Waals surface area contributed by atoms with Gasteiger partial charge in [0.25, 0.3) is 5.91 Å². The number of H-pyrrole nitrogens is 1. The van der Waals surface area contributed by atoms with Gasteiger partial charge in [0.1, 0.15) is 11.5 Å². The minimum absolute atomic E-state index is 0.208. The molecule has 1 aliphatic heterocycles. The number of furan rings is 1. The van der Waals surface area contributed by atoms with Gasteiger partial charge in [0.05, 0.1) is 28.7 Å². The molecule has 0 saturated carbocycles. The van der Waals surface area contributed by atoms with E-state index in [0.717, 1.165) is 27.6 Å². The summed E-state index contributed by atoms with van der Waals surface area (Å²) in [5, 5.41) is 4.72. The number of aromatic amines is 1. The summed E-state index contributed by atoms with van der Waals surface area (Å²) in [5.41, 5.74) is 2.61.